The maximum atomic E-state index is 12.5. The number of hydrogen-bond donors (Lipinski definition) is 2. The van der Waals surface area contributed by atoms with Crippen molar-refractivity contribution in [3.8, 4) is 0 Å². The van der Waals surface area contributed by atoms with Crippen LogP contribution < -0.4 is 10.6 Å². The first-order valence-corrected chi connectivity index (χ1v) is 9.26. The van der Waals surface area contributed by atoms with Crippen molar-refractivity contribution in [2.24, 2.45) is 11.8 Å². The monoisotopic (exact) mass is 338 g/mol. The number of carbonyl (C=O) groups is 2. The lowest BCUT2D eigenvalue weighted by Crippen LogP contribution is -2.49. The number of rotatable bonds is 6. The van der Waals surface area contributed by atoms with Crippen LogP contribution in [0.5, 0.6) is 0 Å². The normalized spacial score (nSPS) is 17.0. The summed E-state index contributed by atoms with van der Waals surface area (Å²) in [5.41, 5.74) is 0. The quantitative estimate of drug-likeness (QED) is 0.835. The molecule has 1 atom stereocenters. The SMILES string of the molecule is CCc1nnc(NC(=O)C(NC(=O)C2CCCCC2)C(C)C)s1. The fraction of sp³-hybridized carbons (Fsp3) is 0.750. The highest BCUT2D eigenvalue weighted by atomic mass is 32.1. The van der Waals surface area contributed by atoms with E-state index in [0.717, 1.165) is 37.1 Å². The molecule has 0 spiro atoms. The number of hydrogen-bond acceptors (Lipinski definition) is 5. The molecule has 1 heterocycles. The maximum Gasteiger partial charge on any atom is 0.249 e. The average Bonchev–Trinajstić information content (AvgIpc) is 3.00. The van der Waals surface area contributed by atoms with Gasteiger partial charge in [0.1, 0.15) is 11.0 Å². The van der Waals surface area contributed by atoms with Crippen LogP contribution in [-0.4, -0.2) is 28.1 Å². The van der Waals surface area contributed by atoms with E-state index in [4.69, 9.17) is 0 Å². The van der Waals surface area contributed by atoms with Gasteiger partial charge in [0.2, 0.25) is 16.9 Å². The molecule has 1 saturated carbocycles. The van der Waals surface area contributed by atoms with Crippen LogP contribution in [0.1, 0.15) is 57.9 Å². The fourth-order valence-electron chi connectivity index (χ4n) is 2.80. The first kappa shape index (κ1) is 17.8. The van der Waals surface area contributed by atoms with Gasteiger partial charge in [0.15, 0.2) is 0 Å². The Labute approximate surface area is 141 Å². The van der Waals surface area contributed by atoms with Gasteiger partial charge in [-0.15, -0.1) is 10.2 Å². The number of aromatic nitrogens is 2. The molecule has 0 saturated heterocycles. The van der Waals surface area contributed by atoms with Gasteiger partial charge in [0.25, 0.3) is 0 Å². The Morgan fingerprint density at radius 3 is 2.48 bits per heavy atom. The summed E-state index contributed by atoms with van der Waals surface area (Å²) in [6, 6.07) is -0.543. The molecule has 1 aromatic heterocycles. The van der Waals surface area contributed by atoms with Crippen molar-refractivity contribution >= 4 is 28.3 Å². The van der Waals surface area contributed by atoms with Crippen molar-refractivity contribution in [1.29, 1.82) is 0 Å². The third-order valence-corrected chi connectivity index (χ3v) is 5.21. The zero-order valence-electron chi connectivity index (χ0n) is 14.1. The van der Waals surface area contributed by atoms with Gasteiger partial charge in [-0.3, -0.25) is 14.9 Å². The number of aryl methyl sites for hydroxylation is 1. The lowest BCUT2D eigenvalue weighted by atomic mass is 9.88. The van der Waals surface area contributed by atoms with Gasteiger partial charge >= 0.3 is 0 Å². The molecule has 7 heteroatoms. The minimum atomic E-state index is -0.543. The largest absolute Gasteiger partial charge is 0.344 e. The Morgan fingerprint density at radius 1 is 1.22 bits per heavy atom. The molecule has 6 nitrogen and oxygen atoms in total. The molecule has 1 aromatic rings. The Balaban J connectivity index is 1.96. The van der Waals surface area contributed by atoms with Crippen LogP contribution in [0.2, 0.25) is 0 Å². The molecule has 2 amide bonds. The Hall–Kier alpha value is -1.50. The van der Waals surface area contributed by atoms with Crippen LogP contribution in [-0.2, 0) is 16.0 Å². The van der Waals surface area contributed by atoms with Crippen molar-refractivity contribution in [2.45, 2.75) is 65.3 Å². The molecule has 1 aliphatic carbocycles. The summed E-state index contributed by atoms with van der Waals surface area (Å²) < 4.78 is 0. The van der Waals surface area contributed by atoms with Crippen molar-refractivity contribution in [3.63, 3.8) is 0 Å². The summed E-state index contributed by atoms with van der Waals surface area (Å²) in [5.74, 6) is -0.153. The first-order chi connectivity index (χ1) is 11.0. The van der Waals surface area contributed by atoms with E-state index in [1.165, 1.54) is 17.8 Å². The second-order valence-corrected chi connectivity index (χ2v) is 7.47. The molecule has 2 N–H and O–H groups in total. The number of carbonyl (C=O) groups excluding carboxylic acids is 2. The molecular formula is C16H26N4O2S. The summed E-state index contributed by atoms with van der Waals surface area (Å²) in [6.45, 7) is 5.86. The second kappa shape index (κ2) is 8.38. The average molecular weight is 338 g/mol. The first-order valence-electron chi connectivity index (χ1n) is 8.44. The van der Waals surface area contributed by atoms with Gasteiger partial charge in [-0.1, -0.05) is 51.4 Å². The number of nitrogens with zero attached hydrogens (tertiary/aromatic N) is 2. The molecule has 0 bridgehead atoms. The molecule has 0 aliphatic heterocycles. The zero-order valence-corrected chi connectivity index (χ0v) is 14.9. The van der Waals surface area contributed by atoms with E-state index in [1.54, 1.807) is 0 Å². The van der Waals surface area contributed by atoms with Gasteiger partial charge in [0, 0.05) is 5.92 Å². The number of anilines is 1. The van der Waals surface area contributed by atoms with Crippen LogP contribution in [0.4, 0.5) is 5.13 Å². The van der Waals surface area contributed by atoms with Crippen LogP contribution in [0.3, 0.4) is 0 Å². The van der Waals surface area contributed by atoms with E-state index in [-0.39, 0.29) is 23.7 Å². The number of nitrogens with one attached hydrogen (secondary N) is 2. The Bertz CT molecular complexity index is 538. The van der Waals surface area contributed by atoms with Crippen LogP contribution in [0, 0.1) is 11.8 Å². The van der Waals surface area contributed by atoms with Gasteiger partial charge < -0.3 is 5.32 Å². The molecular weight excluding hydrogens is 312 g/mol. The standard InChI is InChI=1S/C16H26N4O2S/c1-4-12-19-20-16(23-12)18-15(22)13(10(2)3)17-14(21)11-8-6-5-7-9-11/h10-11,13H,4-9H2,1-3H3,(H,17,21)(H,18,20,22). The van der Waals surface area contributed by atoms with Crippen LogP contribution in [0.25, 0.3) is 0 Å². The minimum Gasteiger partial charge on any atom is -0.344 e. The zero-order chi connectivity index (χ0) is 16.8. The van der Waals surface area contributed by atoms with Crippen molar-refractivity contribution < 1.29 is 9.59 Å². The molecule has 0 radical (unpaired) electrons. The van der Waals surface area contributed by atoms with Crippen molar-refractivity contribution in [1.82, 2.24) is 15.5 Å². The van der Waals surface area contributed by atoms with E-state index >= 15 is 0 Å². The lowest BCUT2D eigenvalue weighted by Gasteiger charge is -2.26. The molecule has 0 aromatic carbocycles. The summed E-state index contributed by atoms with van der Waals surface area (Å²) in [4.78, 5) is 24.9. The van der Waals surface area contributed by atoms with Gasteiger partial charge in [-0.05, 0) is 25.2 Å². The predicted molar refractivity (Wildman–Crippen MR) is 91.3 cm³/mol. The van der Waals surface area contributed by atoms with E-state index in [2.05, 4.69) is 20.8 Å². The lowest BCUT2D eigenvalue weighted by molar-refractivity contribution is -0.130. The third kappa shape index (κ3) is 4.99. The number of amides is 2. The van der Waals surface area contributed by atoms with E-state index in [1.807, 2.05) is 20.8 Å². The summed E-state index contributed by atoms with van der Waals surface area (Å²) >= 11 is 1.37. The molecule has 1 fully saturated rings. The Morgan fingerprint density at radius 2 is 1.91 bits per heavy atom. The third-order valence-electron chi connectivity index (χ3n) is 4.22. The van der Waals surface area contributed by atoms with Crippen molar-refractivity contribution in [2.75, 3.05) is 5.32 Å². The molecule has 23 heavy (non-hydrogen) atoms. The fourth-order valence-corrected chi connectivity index (χ4v) is 3.48. The highest BCUT2D eigenvalue weighted by Gasteiger charge is 2.29. The molecule has 128 valence electrons. The maximum absolute atomic E-state index is 12.5. The summed E-state index contributed by atoms with van der Waals surface area (Å²) in [7, 11) is 0. The molecule has 2 rings (SSSR count). The smallest absolute Gasteiger partial charge is 0.249 e. The van der Waals surface area contributed by atoms with E-state index < -0.39 is 6.04 Å². The topological polar surface area (TPSA) is 84.0 Å². The van der Waals surface area contributed by atoms with Gasteiger partial charge in [0.05, 0.1) is 0 Å². The van der Waals surface area contributed by atoms with E-state index in [0.29, 0.717) is 5.13 Å². The van der Waals surface area contributed by atoms with E-state index in [9.17, 15) is 9.59 Å². The van der Waals surface area contributed by atoms with Crippen molar-refractivity contribution in [3.05, 3.63) is 5.01 Å². The Kier molecular flexibility index (Phi) is 6.50. The van der Waals surface area contributed by atoms with Gasteiger partial charge in [-0.25, -0.2) is 0 Å². The second-order valence-electron chi connectivity index (χ2n) is 6.41. The predicted octanol–water partition coefficient (Wildman–Crippen LogP) is 2.76. The van der Waals surface area contributed by atoms with Gasteiger partial charge in [-0.2, -0.15) is 0 Å². The molecule has 1 aliphatic rings. The highest BCUT2D eigenvalue weighted by molar-refractivity contribution is 7.15. The minimum absolute atomic E-state index is 0.00469. The molecule has 1 unspecified atom stereocenters. The summed E-state index contributed by atoms with van der Waals surface area (Å²) in [5, 5.41) is 15.0. The van der Waals surface area contributed by atoms with Crippen LogP contribution >= 0.6 is 11.3 Å². The highest BCUT2D eigenvalue weighted by Crippen LogP contribution is 2.24. The summed E-state index contributed by atoms with van der Waals surface area (Å²) in [6.07, 6.45) is 6.04. The van der Waals surface area contributed by atoms with Crippen LogP contribution in [0.15, 0.2) is 0 Å².